The zero-order valence-electron chi connectivity index (χ0n) is 9.90. The molecule has 0 bridgehead atoms. The van der Waals surface area contributed by atoms with E-state index in [2.05, 4.69) is 26.9 Å². The first-order valence-corrected chi connectivity index (χ1v) is 6.65. The summed E-state index contributed by atoms with van der Waals surface area (Å²) in [5.74, 6) is -0.247. The highest BCUT2D eigenvalue weighted by molar-refractivity contribution is 9.10. The Morgan fingerprint density at radius 3 is 2.67 bits per heavy atom. The molecule has 2 N–H and O–H groups in total. The molecule has 1 aromatic carbocycles. The van der Waals surface area contributed by atoms with E-state index in [0.717, 1.165) is 36.1 Å². The van der Waals surface area contributed by atoms with E-state index >= 15 is 0 Å². The van der Waals surface area contributed by atoms with Crippen LogP contribution in [0.1, 0.15) is 18.4 Å². The normalized spacial score (nSPS) is 16.3. The molecule has 2 rings (SSSR count). The number of anilines is 1. The lowest BCUT2D eigenvalue weighted by Gasteiger charge is -2.32. The molecule has 1 heterocycles. The maximum absolute atomic E-state index is 11.1. The highest BCUT2D eigenvalue weighted by Crippen LogP contribution is 2.28. The van der Waals surface area contributed by atoms with Gasteiger partial charge < -0.3 is 10.6 Å². The van der Waals surface area contributed by atoms with E-state index < -0.39 is 0 Å². The van der Waals surface area contributed by atoms with E-state index in [1.807, 2.05) is 12.1 Å². The average Bonchev–Trinajstić information content (AvgIpc) is 2.39. The molecule has 0 saturated carbocycles. The van der Waals surface area contributed by atoms with Crippen LogP contribution in [0.4, 0.5) is 5.69 Å². The van der Waals surface area contributed by atoms with Crippen molar-refractivity contribution in [1.29, 1.82) is 5.26 Å². The minimum atomic E-state index is -0.218. The second kappa shape index (κ2) is 5.40. The van der Waals surface area contributed by atoms with Gasteiger partial charge in [-0.1, -0.05) is 15.9 Å². The number of primary amides is 1. The van der Waals surface area contributed by atoms with Crippen LogP contribution in [0.25, 0.3) is 0 Å². The molecular formula is C13H14BrN3O. The third kappa shape index (κ3) is 2.65. The van der Waals surface area contributed by atoms with Gasteiger partial charge in [-0.15, -0.1) is 0 Å². The Labute approximate surface area is 115 Å². The molecule has 0 aliphatic carbocycles. The van der Waals surface area contributed by atoms with E-state index in [9.17, 15) is 4.79 Å². The summed E-state index contributed by atoms with van der Waals surface area (Å²) in [7, 11) is 0. The number of nitrogens with zero attached hydrogens (tertiary/aromatic N) is 2. The molecule has 0 radical (unpaired) electrons. The minimum absolute atomic E-state index is 0.0288. The summed E-state index contributed by atoms with van der Waals surface area (Å²) >= 11 is 3.42. The van der Waals surface area contributed by atoms with Crippen LogP contribution >= 0.6 is 15.9 Å². The molecule has 1 fully saturated rings. The lowest BCUT2D eigenvalue weighted by molar-refractivity contribution is -0.122. The zero-order chi connectivity index (χ0) is 13.1. The fourth-order valence-electron chi connectivity index (χ4n) is 2.27. The smallest absolute Gasteiger partial charge is 0.220 e. The molecule has 0 atom stereocenters. The summed E-state index contributed by atoms with van der Waals surface area (Å²) in [5, 5.41) is 9.11. The fourth-order valence-corrected chi connectivity index (χ4v) is 2.61. The number of benzene rings is 1. The van der Waals surface area contributed by atoms with Crippen LogP contribution in [0.2, 0.25) is 0 Å². The lowest BCUT2D eigenvalue weighted by Crippen LogP contribution is -2.38. The average molecular weight is 308 g/mol. The van der Waals surface area contributed by atoms with Crippen LogP contribution in [0.5, 0.6) is 0 Å². The summed E-state index contributed by atoms with van der Waals surface area (Å²) in [6.45, 7) is 1.53. The van der Waals surface area contributed by atoms with Gasteiger partial charge in [-0.05, 0) is 31.0 Å². The number of piperidine rings is 1. The van der Waals surface area contributed by atoms with Crippen molar-refractivity contribution in [3.05, 3.63) is 28.2 Å². The first-order valence-electron chi connectivity index (χ1n) is 5.85. The van der Waals surface area contributed by atoms with Gasteiger partial charge in [0.15, 0.2) is 0 Å². The van der Waals surface area contributed by atoms with Gasteiger partial charge in [-0.3, -0.25) is 4.79 Å². The molecule has 1 saturated heterocycles. The SMILES string of the molecule is N#Cc1ccc(Br)cc1N1CCC(C(N)=O)CC1. The second-order valence-electron chi connectivity index (χ2n) is 4.44. The van der Waals surface area contributed by atoms with E-state index in [1.165, 1.54) is 0 Å². The molecule has 4 nitrogen and oxygen atoms in total. The largest absolute Gasteiger partial charge is 0.370 e. The van der Waals surface area contributed by atoms with Crippen molar-refractivity contribution in [2.75, 3.05) is 18.0 Å². The van der Waals surface area contributed by atoms with Gasteiger partial charge in [0.25, 0.3) is 0 Å². The molecular weight excluding hydrogens is 294 g/mol. The molecule has 0 unspecified atom stereocenters. The molecule has 1 aliphatic heterocycles. The molecule has 1 amide bonds. The number of amides is 1. The molecule has 18 heavy (non-hydrogen) atoms. The predicted molar refractivity (Wildman–Crippen MR) is 73.0 cm³/mol. The van der Waals surface area contributed by atoms with Gasteiger partial charge in [0.1, 0.15) is 6.07 Å². The number of rotatable bonds is 2. The molecule has 0 aromatic heterocycles. The van der Waals surface area contributed by atoms with E-state index in [0.29, 0.717) is 5.56 Å². The first kappa shape index (κ1) is 12.9. The summed E-state index contributed by atoms with van der Waals surface area (Å²) in [6, 6.07) is 7.81. The maximum atomic E-state index is 11.1. The highest BCUT2D eigenvalue weighted by atomic mass is 79.9. The Balaban J connectivity index is 2.17. The van der Waals surface area contributed by atoms with E-state index in [4.69, 9.17) is 11.0 Å². The Morgan fingerprint density at radius 2 is 2.11 bits per heavy atom. The van der Waals surface area contributed by atoms with Gasteiger partial charge in [-0.2, -0.15) is 5.26 Å². The number of carbonyl (C=O) groups excluding carboxylic acids is 1. The lowest BCUT2D eigenvalue weighted by atomic mass is 9.95. The maximum Gasteiger partial charge on any atom is 0.220 e. The van der Waals surface area contributed by atoms with Crippen molar-refractivity contribution in [2.45, 2.75) is 12.8 Å². The number of hydrogen-bond acceptors (Lipinski definition) is 3. The molecule has 0 spiro atoms. The van der Waals surface area contributed by atoms with Crippen molar-refractivity contribution < 1.29 is 4.79 Å². The molecule has 94 valence electrons. The van der Waals surface area contributed by atoms with Crippen LogP contribution in [0, 0.1) is 17.2 Å². The van der Waals surface area contributed by atoms with Gasteiger partial charge in [-0.25, -0.2) is 0 Å². The van der Waals surface area contributed by atoms with Crippen molar-refractivity contribution in [2.24, 2.45) is 11.7 Å². The Morgan fingerprint density at radius 1 is 1.44 bits per heavy atom. The third-order valence-corrected chi connectivity index (χ3v) is 3.81. The fraction of sp³-hybridized carbons (Fsp3) is 0.385. The highest BCUT2D eigenvalue weighted by Gasteiger charge is 2.24. The van der Waals surface area contributed by atoms with Crippen molar-refractivity contribution in [1.82, 2.24) is 0 Å². The Kier molecular flexibility index (Phi) is 3.87. The standard InChI is InChI=1S/C13H14BrN3O/c14-11-2-1-10(8-15)12(7-11)17-5-3-9(4-6-17)13(16)18/h1-2,7,9H,3-6H2,(H2,16,18). The quantitative estimate of drug-likeness (QED) is 0.908. The van der Waals surface area contributed by atoms with Crippen molar-refractivity contribution >= 4 is 27.5 Å². The van der Waals surface area contributed by atoms with Crippen LogP contribution in [-0.2, 0) is 4.79 Å². The first-order chi connectivity index (χ1) is 8.61. The van der Waals surface area contributed by atoms with Crippen LogP contribution in [0.15, 0.2) is 22.7 Å². The predicted octanol–water partition coefficient (Wildman–Crippen LogP) is 2.02. The number of carbonyl (C=O) groups is 1. The summed E-state index contributed by atoms with van der Waals surface area (Å²) in [5.41, 5.74) is 6.90. The van der Waals surface area contributed by atoms with E-state index in [1.54, 1.807) is 6.07 Å². The van der Waals surface area contributed by atoms with E-state index in [-0.39, 0.29) is 11.8 Å². The van der Waals surface area contributed by atoms with Gasteiger partial charge in [0.2, 0.25) is 5.91 Å². The number of hydrogen-bond donors (Lipinski definition) is 1. The van der Waals surface area contributed by atoms with Gasteiger partial charge in [0, 0.05) is 23.5 Å². The summed E-state index contributed by atoms with van der Waals surface area (Å²) < 4.78 is 0.952. The van der Waals surface area contributed by atoms with Crippen LogP contribution in [0.3, 0.4) is 0 Å². The van der Waals surface area contributed by atoms with Crippen LogP contribution < -0.4 is 10.6 Å². The van der Waals surface area contributed by atoms with Crippen molar-refractivity contribution in [3.63, 3.8) is 0 Å². The minimum Gasteiger partial charge on any atom is -0.370 e. The zero-order valence-corrected chi connectivity index (χ0v) is 11.5. The monoisotopic (exact) mass is 307 g/mol. The summed E-state index contributed by atoms with van der Waals surface area (Å²) in [6.07, 6.45) is 1.51. The van der Waals surface area contributed by atoms with Gasteiger partial charge in [0.05, 0.1) is 11.3 Å². The van der Waals surface area contributed by atoms with Crippen LogP contribution in [-0.4, -0.2) is 19.0 Å². The van der Waals surface area contributed by atoms with Crippen molar-refractivity contribution in [3.8, 4) is 6.07 Å². The second-order valence-corrected chi connectivity index (χ2v) is 5.35. The topological polar surface area (TPSA) is 70.1 Å². The third-order valence-electron chi connectivity index (χ3n) is 3.32. The Hall–Kier alpha value is -1.54. The Bertz CT molecular complexity index is 501. The molecule has 5 heteroatoms. The number of halogens is 1. The van der Waals surface area contributed by atoms with Gasteiger partial charge >= 0.3 is 0 Å². The molecule has 1 aromatic rings. The number of nitriles is 1. The summed E-state index contributed by atoms with van der Waals surface area (Å²) in [4.78, 5) is 13.3. The number of nitrogens with two attached hydrogens (primary N) is 1. The molecule has 1 aliphatic rings.